The van der Waals surface area contributed by atoms with Gasteiger partial charge in [-0.05, 0) is 44.8 Å². The lowest BCUT2D eigenvalue weighted by atomic mass is 10.2. The van der Waals surface area contributed by atoms with Crippen LogP contribution in [0.2, 0.25) is 19.1 Å². The van der Waals surface area contributed by atoms with E-state index in [4.69, 9.17) is 14.4 Å². The van der Waals surface area contributed by atoms with Crippen LogP contribution in [0.1, 0.15) is 31.4 Å². The SMILES string of the molecule is C[Si](C)(O)CCCNC(=O)CCOCCOCCn1cc(CCCCOP(=O)([O-])O)nn1. The van der Waals surface area contributed by atoms with Gasteiger partial charge in [-0.2, -0.15) is 0 Å². The smallest absolute Gasteiger partial charge is 0.265 e. The molecule has 186 valence electrons. The molecule has 0 aliphatic rings. The van der Waals surface area contributed by atoms with E-state index in [1.807, 2.05) is 13.1 Å². The minimum absolute atomic E-state index is 0.0587. The van der Waals surface area contributed by atoms with Crippen molar-refractivity contribution in [3.8, 4) is 0 Å². The summed E-state index contributed by atoms with van der Waals surface area (Å²) in [6.45, 7) is 6.40. The number of unbranched alkanes of at least 4 members (excludes halogenated alkanes) is 1. The van der Waals surface area contributed by atoms with Crippen molar-refractivity contribution < 1.29 is 37.9 Å². The number of hydrogen-bond acceptors (Lipinski definition) is 9. The maximum absolute atomic E-state index is 11.7. The third-order valence-electron chi connectivity index (χ3n) is 4.27. The van der Waals surface area contributed by atoms with E-state index in [9.17, 15) is 19.0 Å². The van der Waals surface area contributed by atoms with Gasteiger partial charge in [-0.15, -0.1) is 5.10 Å². The van der Waals surface area contributed by atoms with Crippen LogP contribution in [0.3, 0.4) is 0 Å². The summed E-state index contributed by atoms with van der Waals surface area (Å²) in [6, 6.07) is 0.770. The molecule has 1 heterocycles. The number of aromatic nitrogens is 3. The molecular formula is C18H36N4O8PSi-. The first-order chi connectivity index (χ1) is 15.1. The number of carbonyl (C=O) groups is 1. The van der Waals surface area contributed by atoms with Gasteiger partial charge in [0, 0.05) is 19.2 Å². The van der Waals surface area contributed by atoms with Crippen molar-refractivity contribution >= 4 is 22.0 Å². The highest BCUT2D eigenvalue weighted by Gasteiger charge is 2.15. The summed E-state index contributed by atoms with van der Waals surface area (Å²) >= 11 is 0. The molecule has 14 heteroatoms. The van der Waals surface area contributed by atoms with Gasteiger partial charge in [-0.25, -0.2) is 4.68 Å². The fraction of sp³-hybridized carbons (Fsp3) is 0.833. The number of aryl methyl sites for hydroxylation is 1. The van der Waals surface area contributed by atoms with Crippen LogP contribution >= 0.6 is 7.82 Å². The number of nitrogens with one attached hydrogen (secondary N) is 1. The molecule has 0 aromatic carbocycles. The van der Waals surface area contributed by atoms with Crippen molar-refractivity contribution in [2.24, 2.45) is 0 Å². The summed E-state index contributed by atoms with van der Waals surface area (Å²) in [6.07, 6.45) is 4.65. The minimum atomic E-state index is -4.64. The van der Waals surface area contributed by atoms with Crippen LogP contribution < -0.4 is 10.2 Å². The second-order valence-corrected chi connectivity index (χ2v) is 13.3. The van der Waals surface area contributed by atoms with Gasteiger partial charge in [0.15, 0.2) is 8.32 Å². The predicted molar refractivity (Wildman–Crippen MR) is 117 cm³/mol. The Morgan fingerprint density at radius 1 is 1.19 bits per heavy atom. The van der Waals surface area contributed by atoms with Gasteiger partial charge in [0.2, 0.25) is 5.91 Å². The van der Waals surface area contributed by atoms with Crippen LogP contribution in [-0.2, 0) is 36.3 Å². The molecule has 32 heavy (non-hydrogen) atoms. The standard InChI is InChI=1S/C18H37N4O8PSi/c1-32(2,27)15-5-8-19-18(23)7-11-28-13-14-29-12-9-22-16-17(20-21-22)6-3-4-10-30-31(24,25)26/h16,27H,3-15H2,1-2H3,(H,19,23)(H2,24,25,26)/p-1. The normalized spacial score (nSPS) is 13.8. The lowest BCUT2D eigenvalue weighted by Gasteiger charge is -2.14. The second-order valence-electron chi connectivity index (χ2n) is 7.97. The van der Waals surface area contributed by atoms with Crippen LogP contribution in [0.5, 0.6) is 0 Å². The highest BCUT2D eigenvalue weighted by Crippen LogP contribution is 2.30. The molecule has 0 fully saturated rings. The average molecular weight is 496 g/mol. The highest BCUT2D eigenvalue weighted by atomic mass is 31.2. The Balaban J connectivity index is 1.95. The van der Waals surface area contributed by atoms with Gasteiger partial charge in [0.25, 0.3) is 7.82 Å². The Morgan fingerprint density at radius 2 is 1.91 bits per heavy atom. The Bertz CT molecular complexity index is 695. The number of hydrogen-bond donors (Lipinski definition) is 3. The molecule has 12 nitrogen and oxygen atoms in total. The molecule has 1 aromatic heterocycles. The molecule has 3 N–H and O–H groups in total. The molecule has 1 aromatic rings. The molecule has 1 amide bonds. The maximum Gasteiger partial charge on any atom is 0.265 e. The number of phosphoric ester groups is 1. The third-order valence-corrected chi connectivity index (χ3v) is 6.35. The number of ether oxygens (including phenoxy) is 2. The molecule has 1 atom stereocenters. The third kappa shape index (κ3) is 17.4. The van der Waals surface area contributed by atoms with E-state index in [2.05, 4.69) is 20.2 Å². The van der Waals surface area contributed by atoms with Gasteiger partial charge in [0.1, 0.15) is 0 Å². The summed E-state index contributed by atoms with van der Waals surface area (Å²) in [5, 5.41) is 10.8. The molecule has 1 rings (SSSR count). The van der Waals surface area contributed by atoms with Gasteiger partial charge in [-0.3, -0.25) is 9.36 Å². The summed E-state index contributed by atoms with van der Waals surface area (Å²) in [4.78, 5) is 40.4. The Kier molecular flexibility index (Phi) is 14.1. The van der Waals surface area contributed by atoms with Gasteiger partial charge < -0.3 is 33.9 Å². The van der Waals surface area contributed by atoms with E-state index >= 15 is 0 Å². The average Bonchev–Trinajstić information content (AvgIpc) is 3.13. The molecular weight excluding hydrogens is 459 g/mol. The second kappa shape index (κ2) is 15.6. The topological polar surface area (TPSA) is 168 Å². The van der Waals surface area contributed by atoms with Crippen LogP contribution in [0.15, 0.2) is 6.20 Å². The molecule has 0 saturated heterocycles. The van der Waals surface area contributed by atoms with E-state index in [0.717, 1.165) is 18.2 Å². The van der Waals surface area contributed by atoms with Crippen molar-refractivity contribution in [3.05, 3.63) is 11.9 Å². The van der Waals surface area contributed by atoms with Crippen LogP contribution in [0.4, 0.5) is 0 Å². The number of carbonyl (C=O) groups excluding carboxylic acids is 1. The number of phosphoric acid groups is 1. The van der Waals surface area contributed by atoms with Crippen molar-refractivity contribution in [2.45, 2.75) is 57.8 Å². The lowest BCUT2D eigenvalue weighted by molar-refractivity contribution is -0.219. The number of nitrogens with zero attached hydrogens (tertiary/aromatic N) is 3. The summed E-state index contributed by atoms with van der Waals surface area (Å²) in [5.41, 5.74) is 0.781. The Morgan fingerprint density at radius 3 is 2.59 bits per heavy atom. The summed E-state index contributed by atoms with van der Waals surface area (Å²) < 4.78 is 27.3. The Hall–Kier alpha value is -1.18. The van der Waals surface area contributed by atoms with Crippen LogP contribution in [0.25, 0.3) is 0 Å². The fourth-order valence-corrected chi connectivity index (χ4v) is 4.03. The minimum Gasteiger partial charge on any atom is -0.756 e. The van der Waals surface area contributed by atoms with Crippen molar-refractivity contribution in [3.63, 3.8) is 0 Å². The number of amides is 1. The first-order valence-electron chi connectivity index (χ1n) is 10.8. The van der Waals surface area contributed by atoms with Crippen LogP contribution in [-0.4, -0.2) is 78.5 Å². The van der Waals surface area contributed by atoms with E-state index in [1.165, 1.54) is 0 Å². The van der Waals surface area contributed by atoms with Crippen LogP contribution in [0, 0.1) is 0 Å². The zero-order chi connectivity index (χ0) is 23.9. The predicted octanol–water partition coefficient (Wildman–Crippen LogP) is 0.205. The summed E-state index contributed by atoms with van der Waals surface area (Å²) in [5.74, 6) is -0.0587. The molecule has 0 radical (unpaired) electrons. The highest BCUT2D eigenvalue weighted by molar-refractivity contribution is 7.44. The van der Waals surface area contributed by atoms with E-state index in [1.54, 1.807) is 10.9 Å². The molecule has 0 bridgehead atoms. The van der Waals surface area contributed by atoms with Gasteiger partial charge in [0.05, 0.1) is 45.3 Å². The largest absolute Gasteiger partial charge is 0.756 e. The van der Waals surface area contributed by atoms with E-state index in [-0.39, 0.29) is 12.5 Å². The first kappa shape index (κ1) is 28.8. The van der Waals surface area contributed by atoms with Gasteiger partial charge >= 0.3 is 0 Å². The zero-order valence-electron chi connectivity index (χ0n) is 18.9. The Labute approximate surface area is 190 Å². The maximum atomic E-state index is 11.7. The molecule has 0 aliphatic heterocycles. The molecule has 1 unspecified atom stereocenters. The van der Waals surface area contributed by atoms with Crippen molar-refractivity contribution in [1.29, 1.82) is 0 Å². The van der Waals surface area contributed by atoms with E-state index in [0.29, 0.717) is 65.2 Å². The zero-order valence-corrected chi connectivity index (χ0v) is 20.8. The lowest BCUT2D eigenvalue weighted by Crippen LogP contribution is -2.29. The first-order valence-corrected chi connectivity index (χ1v) is 15.4. The monoisotopic (exact) mass is 495 g/mol. The number of rotatable bonds is 19. The fourth-order valence-electron chi connectivity index (χ4n) is 2.63. The van der Waals surface area contributed by atoms with Crippen molar-refractivity contribution in [2.75, 3.05) is 39.6 Å². The van der Waals surface area contributed by atoms with Crippen molar-refractivity contribution in [1.82, 2.24) is 20.3 Å². The summed E-state index contributed by atoms with van der Waals surface area (Å²) in [7, 11) is -6.68. The molecule has 0 aliphatic carbocycles. The van der Waals surface area contributed by atoms with E-state index < -0.39 is 16.1 Å². The molecule has 0 spiro atoms. The molecule has 0 saturated carbocycles. The quantitative estimate of drug-likeness (QED) is 0.137. The van der Waals surface area contributed by atoms with Gasteiger partial charge in [-0.1, -0.05) is 5.21 Å².